The highest BCUT2D eigenvalue weighted by atomic mass is 32.2. The van der Waals surface area contributed by atoms with Gasteiger partial charge in [0.2, 0.25) is 0 Å². The minimum absolute atomic E-state index is 0.481. The van der Waals surface area contributed by atoms with E-state index < -0.39 is 0 Å². The fourth-order valence-electron chi connectivity index (χ4n) is 2.20. The summed E-state index contributed by atoms with van der Waals surface area (Å²) in [4.78, 5) is 0. The summed E-state index contributed by atoms with van der Waals surface area (Å²) < 4.78 is 5.66. The SMILES string of the molecule is CSCCCCNC1CCOc2ccccc21. The molecule has 1 unspecified atom stereocenters. The van der Waals surface area contributed by atoms with E-state index in [0.29, 0.717) is 6.04 Å². The van der Waals surface area contributed by atoms with Crippen molar-refractivity contribution in [1.82, 2.24) is 5.32 Å². The van der Waals surface area contributed by atoms with Crippen LogP contribution < -0.4 is 10.1 Å². The number of hydrogen-bond donors (Lipinski definition) is 1. The van der Waals surface area contributed by atoms with Gasteiger partial charge in [0.25, 0.3) is 0 Å². The molecule has 0 bridgehead atoms. The van der Waals surface area contributed by atoms with Gasteiger partial charge in [-0.3, -0.25) is 0 Å². The van der Waals surface area contributed by atoms with Crippen molar-refractivity contribution in [1.29, 1.82) is 0 Å². The minimum atomic E-state index is 0.481. The van der Waals surface area contributed by atoms with Crippen molar-refractivity contribution in [2.24, 2.45) is 0 Å². The summed E-state index contributed by atoms with van der Waals surface area (Å²) in [6, 6.07) is 8.86. The van der Waals surface area contributed by atoms with Gasteiger partial charge in [-0.2, -0.15) is 11.8 Å². The van der Waals surface area contributed by atoms with E-state index in [9.17, 15) is 0 Å². The zero-order valence-corrected chi connectivity index (χ0v) is 11.3. The van der Waals surface area contributed by atoms with Crippen LogP contribution in [0.4, 0.5) is 0 Å². The molecule has 0 fully saturated rings. The molecule has 1 aromatic carbocycles. The lowest BCUT2D eigenvalue weighted by Gasteiger charge is -2.26. The summed E-state index contributed by atoms with van der Waals surface area (Å²) in [5, 5.41) is 3.65. The molecule has 0 aromatic heterocycles. The Hall–Kier alpha value is -0.670. The Labute approximate surface area is 108 Å². The lowest BCUT2D eigenvalue weighted by molar-refractivity contribution is 0.252. The Morgan fingerprint density at radius 3 is 3.12 bits per heavy atom. The molecule has 1 heterocycles. The number of nitrogens with one attached hydrogen (secondary N) is 1. The van der Waals surface area contributed by atoms with E-state index in [1.807, 2.05) is 17.8 Å². The average molecular weight is 251 g/mol. The molecule has 17 heavy (non-hydrogen) atoms. The van der Waals surface area contributed by atoms with Crippen LogP contribution in [-0.2, 0) is 0 Å². The van der Waals surface area contributed by atoms with Crippen LogP contribution in [-0.4, -0.2) is 25.2 Å². The number of para-hydroxylation sites is 1. The van der Waals surface area contributed by atoms with Crippen molar-refractivity contribution in [3.8, 4) is 5.75 Å². The topological polar surface area (TPSA) is 21.3 Å². The second-order valence-corrected chi connectivity index (χ2v) is 5.37. The Balaban J connectivity index is 1.82. The zero-order valence-electron chi connectivity index (χ0n) is 10.4. The fraction of sp³-hybridized carbons (Fsp3) is 0.571. The average Bonchev–Trinajstić information content (AvgIpc) is 2.39. The van der Waals surface area contributed by atoms with Crippen molar-refractivity contribution in [3.05, 3.63) is 29.8 Å². The maximum absolute atomic E-state index is 5.66. The molecule has 0 spiro atoms. The van der Waals surface area contributed by atoms with E-state index in [0.717, 1.165) is 25.3 Å². The first-order chi connectivity index (χ1) is 8.42. The highest BCUT2D eigenvalue weighted by molar-refractivity contribution is 7.98. The van der Waals surface area contributed by atoms with Crippen molar-refractivity contribution < 1.29 is 4.74 Å². The predicted molar refractivity (Wildman–Crippen MR) is 74.9 cm³/mol. The molecule has 2 nitrogen and oxygen atoms in total. The third kappa shape index (κ3) is 3.65. The van der Waals surface area contributed by atoms with Gasteiger partial charge in [0.1, 0.15) is 5.75 Å². The molecule has 2 rings (SSSR count). The maximum Gasteiger partial charge on any atom is 0.124 e. The molecule has 0 amide bonds. The van der Waals surface area contributed by atoms with Crippen LogP contribution in [0.15, 0.2) is 24.3 Å². The standard InChI is InChI=1S/C14H21NOS/c1-17-11-5-4-9-15-13-8-10-16-14-7-3-2-6-12(13)14/h2-3,6-7,13,15H,4-5,8-11H2,1H3. The molecule has 0 radical (unpaired) electrons. The fourth-order valence-corrected chi connectivity index (χ4v) is 2.69. The zero-order chi connectivity index (χ0) is 11.9. The molecule has 0 saturated heterocycles. The van der Waals surface area contributed by atoms with E-state index in [2.05, 4.69) is 29.8 Å². The predicted octanol–water partition coefficient (Wildman–Crippen LogP) is 3.24. The summed E-state index contributed by atoms with van der Waals surface area (Å²) in [5.74, 6) is 2.33. The molecule has 0 saturated carbocycles. The van der Waals surface area contributed by atoms with E-state index in [1.54, 1.807) is 0 Å². The molecule has 0 aliphatic carbocycles. The summed E-state index contributed by atoms with van der Waals surface area (Å²) in [5.41, 5.74) is 1.32. The van der Waals surface area contributed by atoms with Gasteiger partial charge in [0.05, 0.1) is 6.61 Å². The quantitative estimate of drug-likeness (QED) is 0.784. The Kier molecular flexibility index (Phi) is 5.20. The third-order valence-corrected chi connectivity index (χ3v) is 3.82. The first-order valence-corrected chi connectivity index (χ1v) is 7.75. The van der Waals surface area contributed by atoms with Crippen LogP contribution in [0.25, 0.3) is 0 Å². The summed E-state index contributed by atoms with van der Waals surface area (Å²) in [7, 11) is 0. The third-order valence-electron chi connectivity index (χ3n) is 3.12. The monoisotopic (exact) mass is 251 g/mol. The number of fused-ring (bicyclic) bond motifs is 1. The van der Waals surface area contributed by atoms with Crippen LogP contribution in [0, 0.1) is 0 Å². The van der Waals surface area contributed by atoms with Crippen LogP contribution >= 0.6 is 11.8 Å². The van der Waals surface area contributed by atoms with Gasteiger partial charge in [0, 0.05) is 18.0 Å². The number of hydrogen-bond acceptors (Lipinski definition) is 3. The first kappa shape index (κ1) is 12.8. The molecule has 94 valence electrons. The van der Waals surface area contributed by atoms with Crippen molar-refractivity contribution in [2.45, 2.75) is 25.3 Å². The number of rotatable bonds is 6. The van der Waals surface area contributed by atoms with E-state index in [-0.39, 0.29) is 0 Å². The highest BCUT2D eigenvalue weighted by Crippen LogP contribution is 2.31. The first-order valence-electron chi connectivity index (χ1n) is 6.36. The molecule has 1 N–H and O–H groups in total. The minimum Gasteiger partial charge on any atom is -0.493 e. The van der Waals surface area contributed by atoms with Crippen molar-refractivity contribution in [2.75, 3.05) is 25.2 Å². The normalized spacial score (nSPS) is 18.5. The Morgan fingerprint density at radius 1 is 1.35 bits per heavy atom. The van der Waals surface area contributed by atoms with E-state index in [4.69, 9.17) is 4.74 Å². The molecule has 3 heteroatoms. The van der Waals surface area contributed by atoms with Crippen LogP contribution in [0.2, 0.25) is 0 Å². The second kappa shape index (κ2) is 6.92. The van der Waals surface area contributed by atoms with Gasteiger partial charge in [-0.25, -0.2) is 0 Å². The lowest BCUT2D eigenvalue weighted by Crippen LogP contribution is -2.27. The number of ether oxygens (including phenoxy) is 1. The van der Waals surface area contributed by atoms with Gasteiger partial charge in [-0.15, -0.1) is 0 Å². The second-order valence-electron chi connectivity index (χ2n) is 4.38. The lowest BCUT2D eigenvalue weighted by atomic mass is 10.0. The molecular formula is C14H21NOS. The van der Waals surface area contributed by atoms with Crippen molar-refractivity contribution >= 4 is 11.8 Å². The summed E-state index contributed by atoms with van der Waals surface area (Å²) >= 11 is 1.93. The van der Waals surface area contributed by atoms with Crippen LogP contribution in [0.5, 0.6) is 5.75 Å². The number of thioether (sulfide) groups is 1. The van der Waals surface area contributed by atoms with Crippen LogP contribution in [0.3, 0.4) is 0 Å². The van der Waals surface area contributed by atoms with E-state index >= 15 is 0 Å². The molecule has 1 aromatic rings. The number of unbranched alkanes of at least 4 members (excludes halogenated alkanes) is 1. The van der Waals surface area contributed by atoms with Gasteiger partial charge < -0.3 is 10.1 Å². The Bertz CT molecular complexity index is 343. The van der Waals surface area contributed by atoms with E-state index in [1.165, 1.54) is 24.2 Å². The summed E-state index contributed by atoms with van der Waals surface area (Å²) in [6.45, 7) is 1.94. The molecular weight excluding hydrogens is 230 g/mol. The van der Waals surface area contributed by atoms with Gasteiger partial charge in [-0.1, -0.05) is 18.2 Å². The maximum atomic E-state index is 5.66. The number of benzene rings is 1. The van der Waals surface area contributed by atoms with Crippen molar-refractivity contribution in [3.63, 3.8) is 0 Å². The molecule has 1 aliphatic heterocycles. The van der Waals surface area contributed by atoms with Crippen LogP contribution in [0.1, 0.15) is 30.9 Å². The smallest absolute Gasteiger partial charge is 0.124 e. The summed E-state index contributed by atoms with van der Waals surface area (Å²) in [6.07, 6.45) is 5.82. The van der Waals surface area contributed by atoms with Gasteiger partial charge >= 0.3 is 0 Å². The molecule has 1 atom stereocenters. The molecule has 1 aliphatic rings. The van der Waals surface area contributed by atoms with Gasteiger partial charge in [0.15, 0.2) is 0 Å². The van der Waals surface area contributed by atoms with Gasteiger partial charge in [-0.05, 0) is 37.5 Å². The largest absolute Gasteiger partial charge is 0.493 e. The highest BCUT2D eigenvalue weighted by Gasteiger charge is 2.19. The Morgan fingerprint density at radius 2 is 2.24 bits per heavy atom.